The van der Waals surface area contributed by atoms with Crippen molar-refractivity contribution >= 4 is 29.2 Å². The molecule has 0 spiro atoms. The molecule has 28 heavy (non-hydrogen) atoms. The van der Waals surface area contributed by atoms with Crippen molar-refractivity contribution in [2.45, 2.75) is 58.2 Å². The molecule has 0 saturated carbocycles. The molecule has 0 aliphatic carbocycles. The first-order valence-corrected chi connectivity index (χ1v) is 10.8. The minimum absolute atomic E-state index is 0.00233. The van der Waals surface area contributed by atoms with E-state index >= 15 is 0 Å². The monoisotopic (exact) mass is 408 g/mol. The summed E-state index contributed by atoms with van der Waals surface area (Å²) >= 11 is 1.52. The number of rotatable bonds is 5. The highest BCUT2D eigenvalue weighted by Gasteiger charge is 2.39. The first kappa shape index (κ1) is 20.6. The standard InChI is InChI=1S/C19H28N4O4S/c1-3-27-19(26)21-10-6-15(7-11-21)23(13-17-20-8-12-28-17)18(25)16-5-4-9-22(16)14(2)24/h8,12,15-16H,3-7,9-11,13H2,1-2H3/t16-/m1/s1. The normalized spacial score (nSPS) is 20.3. The molecule has 0 unspecified atom stereocenters. The van der Waals surface area contributed by atoms with Gasteiger partial charge in [-0.15, -0.1) is 11.3 Å². The molecule has 8 nitrogen and oxygen atoms in total. The summed E-state index contributed by atoms with van der Waals surface area (Å²) in [5.74, 6) is -0.0559. The third-order valence-corrected chi connectivity index (χ3v) is 6.21. The average Bonchev–Trinajstić information content (AvgIpc) is 3.38. The van der Waals surface area contributed by atoms with E-state index in [4.69, 9.17) is 4.74 Å². The van der Waals surface area contributed by atoms with Gasteiger partial charge in [0.25, 0.3) is 0 Å². The van der Waals surface area contributed by atoms with E-state index in [-0.39, 0.29) is 30.0 Å². The van der Waals surface area contributed by atoms with E-state index in [2.05, 4.69) is 4.98 Å². The van der Waals surface area contributed by atoms with Crippen LogP contribution in [0.3, 0.4) is 0 Å². The molecule has 1 aromatic rings. The van der Waals surface area contributed by atoms with E-state index in [0.29, 0.717) is 52.0 Å². The summed E-state index contributed by atoms with van der Waals surface area (Å²) in [6.07, 6.45) is 4.39. The van der Waals surface area contributed by atoms with E-state index in [1.165, 1.54) is 18.3 Å². The number of likely N-dealkylation sites (tertiary alicyclic amines) is 2. The van der Waals surface area contributed by atoms with Crippen LogP contribution in [0.5, 0.6) is 0 Å². The first-order valence-electron chi connectivity index (χ1n) is 9.89. The molecular formula is C19H28N4O4S. The lowest BCUT2D eigenvalue weighted by molar-refractivity contribution is -0.145. The van der Waals surface area contributed by atoms with Gasteiger partial charge in [0.2, 0.25) is 11.8 Å². The maximum atomic E-state index is 13.4. The van der Waals surface area contributed by atoms with Gasteiger partial charge in [-0.05, 0) is 32.6 Å². The van der Waals surface area contributed by atoms with Crippen LogP contribution in [0.25, 0.3) is 0 Å². The molecule has 3 rings (SSSR count). The number of amides is 3. The maximum absolute atomic E-state index is 13.4. The number of nitrogens with zero attached hydrogens (tertiary/aromatic N) is 4. The molecule has 1 aromatic heterocycles. The fraction of sp³-hybridized carbons (Fsp3) is 0.684. The summed E-state index contributed by atoms with van der Waals surface area (Å²) in [7, 11) is 0. The van der Waals surface area contributed by atoms with Crippen LogP contribution in [-0.4, -0.2) is 75.9 Å². The molecule has 9 heteroatoms. The molecule has 3 amide bonds. The molecular weight excluding hydrogens is 380 g/mol. The number of aromatic nitrogens is 1. The summed E-state index contributed by atoms with van der Waals surface area (Å²) < 4.78 is 5.09. The summed E-state index contributed by atoms with van der Waals surface area (Å²) in [6.45, 7) is 5.88. The SMILES string of the molecule is CCOC(=O)N1CCC(N(Cc2nccs2)C(=O)[C@H]2CCCN2C(C)=O)CC1. The quantitative estimate of drug-likeness (QED) is 0.745. The Morgan fingerprint density at radius 2 is 2.00 bits per heavy atom. The lowest BCUT2D eigenvalue weighted by Gasteiger charge is -2.39. The predicted octanol–water partition coefficient (Wildman–Crippen LogP) is 2.10. The van der Waals surface area contributed by atoms with Gasteiger partial charge in [0.05, 0.1) is 13.2 Å². The molecule has 0 N–H and O–H groups in total. The number of hydrogen-bond donors (Lipinski definition) is 0. The van der Waals surface area contributed by atoms with Gasteiger partial charge in [0, 0.05) is 44.2 Å². The van der Waals surface area contributed by atoms with Crippen LogP contribution in [0.15, 0.2) is 11.6 Å². The number of thiazole rings is 1. The lowest BCUT2D eigenvalue weighted by Crippen LogP contribution is -2.53. The van der Waals surface area contributed by atoms with E-state index in [1.807, 2.05) is 10.3 Å². The van der Waals surface area contributed by atoms with Gasteiger partial charge in [-0.25, -0.2) is 9.78 Å². The van der Waals surface area contributed by atoms with Crippen LogP contribution in [0.1, 0.15) is 44.5 Å². The fourth-order valence-electron chi connectivity index (χ4n) is 4.03. The average molecular weight is 409 g/mol. The molecule has 2 aliphatic rings. The first-order chi connectivity index (χ1) is 13.5. The van der Waals surface area contributed by atoms with Crippen molar-refractivity contribution in [3.05, 3.63) is 16.6 Å². The predicted molar refractivity (Wildman–Crippen MR) is 105 cm³/mol. The van der Waals surface area contributed by atoms with Crippen LogP contribution < -0.4 is 0 Å². The summed E-state index contributed by atoms with van der Waals surface area (Å²) in [5.41, 5.74) is 0. The molecule has 2 fully saturated rings. The molecule has 0 aromatic carbocycles. The zero-order valence-corrected chi connectivity index (χ0v) is 17.3. The van der Waals surface area contributed by atoms with Gasteiger partial charge in [0.15, 0.2) is 0 Å². The second kappa shape index (κ2) is 9.36. The van der Waals surface area contributed by atoms with Gasteiger partial charge in [0.1, 0.15) is 11.0 Å². The molecule has 154 valence electrons. The third kappa shape index (κ3) is 4.63. The molecule has 1 atom stereocenters. The van der Waals surface area contributed by atoms with Gasteiger partial charge < -0.3 is 19.4 Å². The van der Waals surface area contributed by atoms with Crippen molar-refractivity contribution in [1.29, 1.82) is 0 Å². The maximum Gasteiger partial charge on any atom is 0.409 e. The minimum atomic E-state index is -0.388. The van der Waals surface area contributed by atoms with Crippen LogP contribution in [0.2, 0.25) is 0 Å². The van der Waals surface area contributed by atoms with Crippen LogP contribution in [-0.2, 0) is 20.9 Å². The summed E-state index contributed by atoms with van der Waals surface area (Å²) in [6, 6.07) is -0.364. The largest absolute Gasteiger partial charge is 0.450 e. The minimum Gasteiger partial charge on any atom is -0.450 e. The van der Waals surface area contributed by atoms with Crippen molar-refractivity contribution in [3.8, 4) is 0 Å². The Morgan fingerprint density at radius 3 is 2.61 bits per heavy atom. The molecule has 0 radical (unpaired) electrons. The zero-order valence-electron chi connectivity index (χ0n) is 16.5. The van der Waals surface area contributed by atoms with Crippen molar-refractivity contribution in [3.63, 3.8) is 0 Å². The second-order valence-electron chi connectivity index (χ2n) is 7.18. The highest BCUT2D eigenvalue weighted by atomic mass is 32.1. The lowest BCUT2D eigenvalue weighted by atomic mass is 10.0. The molecule has 3 heterocycles. The topological polar surface area (TPSA) is 83.1 Å². The van der Waals surface area contributed by atoms with Crippen molar-refractivity contribution in [2.24, 2.45) is 0 Å². The fourth-order valence-corrected chi connectivity index (χ4v) is 4.64. The number of piperidine rings is 1. The number of hydrogen-bond acceptors (Lipinski definition) is 6. The highest BCUT2D eigenvalue weighted by molar-refractivity contribution is 7.09. The van der Waals surface area contributed by atoms with E-state index < -0.39 is 0 Å². The van der Waals surface area contributed by atoms with E-state index in [0.717, 1.165) is 11.4 Å². The van der Waals surface area contributed by atoms with Gasteiger partial charge in [-0.3, -0.25) is 9.59 Å². The van der Waals surface area contributed by atoms with E-state index in [1.54, 1.807) is 22.9 Å². The van der Waals surface area contributed by atoms with Crippen molar-refractivity contribution < 1.29 is 19.1 Å². The molecule has 2 aliphatic heterocycles. The van der Waals surface area contributed by atoms with Crippen molar-refractivity contribution in [1.82, 2.24) is 19.7 Å². The van der Waals surface area contributed by atoms with Gasteiger partial charge >= 0.3 is 6.09 Å². The third-order valence-electron chi connectivity index (χ3n) is 5.45. The Bertz CT molecular complexity index is 688. The Hall–Kier alpha value is -2.16. The van der Waals surface area contributed by atoms with Crippen LogP contribution in [0.4, 0.5) is 4.79 Å². The molecule has 2 saturated heterocycles. The second-order valence-corrected chi connectivity index (χ2v) is 8.16. The summed E-state index contributed by atoms with van der Waals surface area (Å²) in [5, 5.41) is 2.78. The number of carbonyl (C=O) groups is 3. The number of carbonyl (C=O) groups excluding carboxylic acids is 3. The van der Waals surface area contributed by atoms with Crippen LogP contribution >= 0.6 is 11.3 Å². The Kier molecular flexibility index (Phi) is 6.88. The smallest absolute Gasteiger partial charge is 0.409 e. The van der Waals surface area contributed by atoms with E-state index in [9.17, 15) is 14.4 Å². The Labute approximate surface area is 169 Å². The Morgan fingerprint density at radius 1 is 1.25 bits per heavy atom. The van der Waals surface area contributed by atoms with Crippen LogP contribution in [0, 0.1) is 0 Å². The van der Waals surface area contributed by atoms with Gasteiger partial charge in [-0.2, -0.15) is 0 Å². The number of ether oxygens (including phenoxy) is 1. The Balaban J connectivity index is 1.72. The van der Waals surface area contributed by atoms with Crippen molar-refractivity contribution in [2.75, 3.05) is 26.2 Å². The summed E-state index contributed by atoms with van der Waals surface area (Å²) in [4.78, 5) is 46.9. The highest BCUT2D eigenvalue weighted by Crippen LogP contribution is 2.26. The van der Waals surface area contributed by atoms with Gasteiger partial charge in [-0.1, -0.05) is 0 Å². The zero-order chi connectivity index (χ0) is 20.1. The molecule has 0 bridgehead atoms.